The molecule has 246 valence electrons. The van der Waals surface area contributed by atoms with Crippen molar-refractivity contribution < 1.29 is 201 Å². The largest absolute Gasteiger partial charge is 1.00 e. The number of esters is 1. The van der Waals surface area contributed by atoms with Crippen LogP contribution in [0.4, 0.5) is 0 Å². The molecule has 4 heterocycles. The molecule has 0 amide bonds. The molecular formula is C29H43BrCs2O13. The number of ether oxygens (including phenoxy) is 5. The second-order valence-electron chi connectivity index (χ2n) is 9.18. The Hall–Kier alpha value is 1.35. The van der Waals surface area contributed by atoms with Crippen LogP contribution in [0.25, 0.3) is 0 Å². The van der Waals surface area contributed by atoms with Gasteiger partial charge in [0, 0.05) is 25.0 Å². The number of carboxylic acids is 1. The minimum atomic E-state index is -1.02. The minimum Gasteiger partial charge on any atom is -1.00 e. The molecule has 0 aliphatic carbocycles. The molecule has 2 aromatic heterocycles. The molecule has 0 saturated carbocycles. The first-order chi connectivity index (χ1) is 20.8. The number of carbonyl (C=O) groups excluding carboxylic acids is 2. The first-order valence-corrected chi connectivity index (χ1v) is 15.2. The van der Waals surface area contributed by atoms with Crippen LogP contribution in [0.2, 0.25) is 0 Å². The third-order valence-electron chi connectivity index (χ3n) is 5.62. The van der Waals surface area contributed by atoms with E-state index in [4.69, 9.17) is 47.7 Å². The average molecular weight is 945 g/mol. The van der Waals surface area contributed by atoms with Crippen molar-refractivity contribution in [2.45, 2.75) is 77.8 Å². The Kier molecular flexibility index (Phi) is 35.1. The second-order valence-corrected chi connectivity index (χ2v) is 9.98. The van der Waals surface area contributed by atoms with Crippen molar-refractivity contribution in [2.24, 2.45) is 0 Å². The molecule has 13 nitrogen and oxygen atoms in total. The standard InChI is InChI=1S/C14H20O5.C8H15BrO2.C6H6O3.CH2O3.2Cs.H/c1-11-6-7-12(19-11)14(15)18-10-4-9-17-13-5-2-3-8-16-13;9-5-3-7-11-8-4-1-2-6-10-8;1-4-2-3-5(9-4)6(7)8;2-1-4-3;;;/h6-7,13H,2-5,8-10H2,1H3;8H,1-7H2;2-3H,1H3,(H,7,8);1,3H;;;/q;;;;2*+1;-1/p-1. The zero-order valence-electron chi connectivity index (χ0n) is 27.7. The van der Waals surface area contributed by atoms with Gasteiger partial charge < -0.3 is 49.2 Å². The summed E-state index contributed by atoms with van der Waals surface area (Å²) in [6.07, 6.45) is 8.45. The van der Waals surface area contributed by atoms with Gasteiger partial charge in [0.15, 0.2) is 12.6 Å². The molecule has 0 bridgehead atoms. The summed E-state index contributed by atoms with van der Waals surface area (Å²) in [5.41, 5.74) is 0. The Bertz CT molecular complexity index is 1010. The van der Waals surface area contributed by atoms with Gasteiger partial charge in [0.05, 0.1) is 19.8 Å². The van der Waals surface area contributed by atoms with Crippen LogP contribution in [0, 0.1) is 13.8 Å². The van der Waals surface area contributed by atoms with Gasteiger partial charge in [0.2, 0.25) is 11.5 Å². The fraction of sp³-hybridized carbons (Fsp3) is 0.621. The summed E-state index contributed by atoms with van der Waals surface area (Å²) in [7, 11) is 0. The van der Waals surface area contributed by atoms with Crippen LogP contribution in [0.15, 0.2) is 33.1 Å². The predicted molar refractivity (Wildman–Crippen MR) is 155 cm³/mol. The van der Waals surface area contributed by atoms with E-state index in [9.17, 15) is 9.59 Å². The van der Waals surface area contributed by atoms with Gasteiger partial charge in [-0.25, -0.2) is 9.59 Å². The molecule has 2 aromatic rings. The van der Waals surface area contributed by atoms with E-state index >= 15 is 0 Å². The summed E-state index contributed by atoms with van der Waals surface area (Å²) in [5, 5.41) is 17.7. The quantitative estimate of drug-likeness (QED) is 0.0675. The smallest absolute Gasteiger partial charge is 1.00 e. The van der Waals surface area contributed by atoms with E-state index in [1.807, 2.05) is 0 Å². The topological polar surface area (TPSA) is 176 Å². The van der Waals surface area contributed by atoms with Gasteiger partial charge in [-0.3, -0.25) is 4.79 Å². The predicted octanol–water partition coefficient (Wildman–Crippen LogP) is -1.17. The number of alkyl halides is 1. The number of carbonyl (C=O) groups is 3. The van der Waals surface area contributed by atoms with Crippen LogP contribution in [0.3, 0.4) is 0 Å². The summed E-state index contributed by atoms with van der Waals surface area (Å²) < 4.78 is 36.8. The van der Waals surface area contributed by atoms with E-state index in [1.165, 1.54) is 18.9 Å². The maximum atomic E-state index is 11.5. The summed E-state index contributed by atoms with van der Waals surface area (Å²) in [5.74, 6) is 0.101. The van der Waals surface area contributed by atoms with Crippen LogP contribution in [-0.4, -0.2) is 74.5 Å². The van der Waals surface area contributed by atoms with Crippen LogP contribution >= 0.6 is 15.9 Å². The Morgan fingerprint density at radius 2 is 1.38 bits per heavy atom. The maximum Gasteiger partial charge on any atom is 1.00 e. The van der Waals surface area contributed by atoms with Crippen LogP contribution in [-0.2, 0) is 33.4 Å². The average Bonchev–Trinajstić information content (AvgIpc) is 3.67. The summed E-state index contributed by atoms with van der Waals surface area (Å²) in [4.78, 5) is 32.9. The third kappa shape index (κ3) is 25.9. The normalized spacial score (nSPS) is 16.7. The number of aryl methyl sites for hydroxylation is 2. The SMILES string of the molecule is BrCCCOC1CCCCO1.Cc1ccc(C(=O)O)o1.Cc1ccc(C(=O)OCCCOC2CCCCO2)o1.O=CO[O-].[Cs+].[Cs+].[H-]. The number of carboxylic acid groups (broad SMARTS) is 1. The van der Waals surface area contributed by atoms with E-state index in [2.05, 4.69) is 20.8 Å². The summed E-state index contributed by atoms with van der Waals surface area (Å²) in [6.45, 7) is 6.63. The van der Waals surface area contributed by atoms with E-state index in [0.29, 0.717) is 31.2 Å². The van der Waals surface area contributed by atoms with E-state index in [-0.39, 0.29) is 170 Å². The molecule has 2 aliphatic rings. The van der Waals surface area contributed by atoms with Crippen molar-refractivity contribution in [1.82, 2.24) is 0 Å². The summed E-state index contributed by atoms with van der Waals surface area (Å²) in [6, 6.07) is 6.39. The molecule has 4 rings (SSSR count). The number of halogens is 1. The van der Waals surface area contributed by atoms with Crippen molar-refractivity contribution in [3.63, 3.8) is 0 Å². The van der Waals surface area contributed by atoms with Gasteiger partial charge in [0.1, 0.15) is 11.5 Å². The molecule has 2 unspecified atom stereocenters. The van der Waals surface area contributed by atoms with Crippen LogP contribution < -0.4 is 143 Å². The van der Waals surface area contributed by atoms with E-state index < -0.39 is 11.9 Å². The van der Waals surface area contributed by atoms with E-state index in [0.717, 1.165) is 57.3 Å². The van der Waals surface area contributed by atoms with Gasteiger partial charge in [-0.05, 0) is 83.1 Å². The van der Waals surface area contributed by atoms with Crippen LogP contribution in [0.5, 0.6) is 0 Å². The van der Waals surface area contributed by atoms with Crippen molar-refractivity contribution in [2.75, 3.05) is 38.4 Å². The van der Waals surface area contributed by atoms with Gasteiger partial charge in [-0.1, -0.05) is 15.9 Å². The summed E-state index contributed by atoms with van der Waals surface area (Å²) >= 11 is 3.35. The molecule has 2 fully saturated rings. The van der Waals surface area contributed by atoms with Crippen molar-refractivity contribution >= 4 is 34.3 Å². The molecule has 2 atom stereocenters. The number of rotatable bonds is 12. The Balaban J connectivity index is -0.000000589. The zero-order valence-corrected chi connectivity index (χ0v) is 40.8. The first kappa shape index (κ1) is 48.5. The Labute approximate surface area is 391 Å². The molecule has 2 saturated heterocycles. The molecule has 0 radical (unpaired) electrons. The molecule has 0 aromatic carbocycles. The maximum absolute atomic E-state index is 11.5. The minimum absolute atomic E-state index is 0. The van der Waals surface area contributed by atoms with Crippen LogP contribution in [0.1, 0.15) is 85.4 Å². The molecular weight excluding hydrogens is 902 g/mol. The molecule has 0 spiro atoms. The van der Waals surface area contributed by atoms with E-state index in [1.54, 1.807) is 32.0 Å². The number of hydrogen-bond acceptors (Lipinski definition) is 12. The number of hydrogen-bond donors (Lipinski definition) is 1. The molecule has 16 heteroatoms. The van der Waals surface area contributed by atoms with Crippen molar-refractivity contribution in [3.8, 4) is 0 Å². The van der Waals surface area contributed by atoms with Gasteiger partial charge in [0.25, 0.3) is 6.47 Å². The Morgan fingerprint density at radius 1 is 0.889 bits per heavy atom. The fourth-order valence-electron chi connectivity index (χ4n) is 3.56. The molecule has 2 aliphatic heterocycles. The third-order valence-corrected chi connectivity index (χ3v) is 6.18. The zero-order chi connectivity index (χ0) is 31.7. The van der Waals surface area contributed by atoms with Gasteiger partial charge in [-0.15, -0.1) is 0 Å². The van der Waals surface area contributed by atoms with Gasteiger partial charge >= 0.3 is 150 Å². The molecule has 45 heavy (non-hydrogen) atoms. The van der Waals surface area contributed by atoms with Crippen molar-refractivity contribution in [1.29, 1.82) is 0 Å². The number of aromatic carboxylic acids is 1. The Morgan fingerprint density at radius 3 is 1.73 bits per heavy atom. The monoisotopic (exact) mass is 944 g/mol. The second kappa shape index (κ2) is 32.6. The molecule has 1 N–H and O–H groups in total. The fourth-order valence-corrected chi connectivity index (χ4v) is 3.79. The van der Waals surface area contributed by atoms with Crippen molar-refractivity contribution in [3.05, 3.63) is 47.3 Å². The number of furan rings is 2. The first-order valence-electron chi connectivity index (χ1n) is 14.1. The van der Waals surface area contributed by atoms with Gasteiger partial charge in [-0.2, -0.15) is 0 Å².